The molecule has 2 heteroatoms. The Hall–Kier alpha value is -0.530. The van der Waals surface area contributed by atoms with Gasteiger partial charge in [0.1, 0.15) is 0 Å². The van der Waals surface area contributed by atoms with Crippen LogP contribution in [0.4, 0.5) is 0 Å². The summed E-state index contributed by atoms with van der Waals surface area (Å²) in [6.07, 6.45) is 30.0. The number of hydrogen-bond acceptors (Lipinski definition) is 2. The zero-order valence-corrected chi connectivity index (χ0v) is 21.2. The summed E-state index contributed by atoms with van der Waals surface area (Å²) in [6, 6.07) is 0. The zero-order chi connectivity index (χ0) is 22.1. The van der Waals surface area contributed by atoms with E-state index < -0.39 is 0 Å². The maximum absolute atomic E-state index is 11.9. The average molecular weight is 425 g/mol. The van der Waals surface area contributed by atoms with E-state index in [9.17, 15) is 4.79 Å². The van der Waals surface area contributed by atoms with Crippen LogP contribution < -0.4 is 0 Å². The smallest absolute Gasteiger partial charge is 0.306 e. The zero-order valence-electron chi connectivity index (χ0n) is 21.2. The summed E-state index contributed by atoms with van der Waals surface area (Å²) in [5.74, 6) is 0.0129. The summed E-state index contributed by atoms with van der Waals surface area (Å²) in [7, 11) is 0. The van der Waals surface area contributed by atoms with Gasteiger partial charge in [-0.05, 0) is 26.2 Å². The number of esters is 1. The lowest BCUT2D eigenvalue weighted by Crippen LogP contribution is -2.14. The van der Waals surface area contributed by atoms with E-state index in [1.165, 1.54) is 128 Å². The van der Waals surface area contributed by atoms with Crippen molar-refractivity contribution in [3.05, 3.63) is 0 Å². The predicted molar refractivity (Wildman–Crippen MR) is 133 cm³/mol. The molecule has 1 unspecified atom stereocenters. The molecule has 0 radical (unpaired) electrons. The number of rotatable bonds is 24. The van der Waals surface area contributed by atoms with Gasteiger partial charge < -0.3 is 4.74 Å². The van der Waals surface area contributed by atoms with E-state index in [2.05, 4.69) is 13.8 Å². The van der Waals surface area contributed by atoms with Crippen molar-refractivity contribution in [2.75, 3.05) is 0 Å². The SMILES string of the molecule is CCCCCCCCCCCCCCCCCCCC(=O)OC(C)CCCCCC. The number of hydrogen-bond donors (Lipinski definition) is 0. The Morgan fingerprint density at radius 3 is 1.27 bits per heavy atom. The third kappa shape index (κ3) is 23.7. The van der Waals surface area contributed by atoms with Crippen molar-refractivity contribution in [3.8, 4) is 0 Å². The fraction of sp³-hybridized carbons (Fsp3) is 0.964. The molecule has 180 valence electrons. The van der Waals surface area contributed by atoms with Gasteiger partial charge in [0, 0.05) is 6.42 Å². The average Bonchev–Trinajstić information content (AvgIpc) is 2.73. The van der Waals surface area contributed by atoms with Gasteiger partial charge in [-0.15, -0.1) is 0 Å². The highest BCUT2D eigenvalue weighted by Crippen LogP contribution is 2.15. The van der Waals surface area contributed by atoms with Crippen LogP contribution in [0.3, 0.4) is 0 Å². The minimum Gasteiger partial charge on any atom is -0.463 e. The largest absolute Gasteiger partial charge is 0.463 e. The maximum Gasteiger partial charge on any atom is 0.306 e. The number of ether oxygens (including phenoxy) is 1. The number of unbranched alkanes of at least 4 members (excludes halogenated alkanes) is 19. The minimum atomic E-state index is 0.0129. The van der Waals surface area contributed by atoms with E-state index in [4.69, 9.17) is 4.74 Å². The van der Waals surface area contributed by atoms with Crippen molar-refractivity contribution >= 4 is 5.97 Å². The first kappa shape index (κ1) is 29.5. The van der Waals surface area contributed by atoms with Crippen molar-refractivity contribution in [2.45, 2.75) is 175 Å². The molecule has 0 heterocycles. The highest BCUT2D eigenvalue weighted by molar-refractivity contribution is 5.69. The predicted octanol–water partition coefficient (Wildman–Crippen LogP) is 9.93. The Morgan fingerprint density at radius 1 is 0.533 bits per heavy atom. The standard InChI is InChI=1S/C28H56O2/c1-4-6-8-10-11-12-13-14-15-16-17-18-19-20-21-22-24-26-28(29)30-27(3)25-23-9-7-5-2/h27H,4-26H2,1-3H3. The van der Waals surface area contributed by atoms with E-state index in [1.807, 2.05) is 6.92 Å². The van der Waals surface area contributed by atoms with Crippen LogP contribution in [0, 0.1) is 0 Å². The second-order valence-electron chi connectivity index (χ2n) is 9.56. The lowest BCUT2D eigenvalue weighted by molar-refractivity contribution is -0.148. The van der Waals surface area contributed by atoms with Gasteiger partial charge in [0.15, 0.2) is 0 Å². The monoisotopic (exact) mass is 424 g/mol. The number of carbonyl (C=O) groups is 1. The molecule has 1 atom stereocenters. The first-order valence-electron chi connectivity index (χ1n) is 13.9. The first-order valence-corrected chi connectivity index (χ1v) is 13.9. The van der Waals surface area contributed by atoms with E-state index in [0.717, 1.165) is 12.8 Å². The van der Waals surface area contributed by atoms with Crippen LogP contribution in [0.15, 0.2) is 0 Å². The number of carbonyl (C=O) groups excluding carboxylic acids is 1. The molecule has 0 saturated carbocycles. The quantitative estimate of drug-likeness (QED) is 0.114. The van der Waals surface area contributed by atoms with Gasteiger partial charge in [0.05, 0.1) is 6.10 Å². The summed E-state index contributed by atoms with van der Waals surface area (Å²) in [4.78, 5) is 11.9. The van der Waals surface area contributed by atoms with Crippen LogP contribution in [0.2, 0.25) is 0 Å². The van der Waals surface area contributed by atoms with Crippen molar-refractivity contribution < 1.29 is 9.53 Å². The molecule has 0 aliphatic carbocycles. The van der Waals surface area contributed by atoms with E-state index in [-0.39, 0.29) is 12.1 Å². The van der Waals surface area contributed by atoms with E-state index >= 15 is 0 Å². The molecule has 0 aliphatic rings. The van der Waals surface area contributed by atoms with Crippen LogP contribution in [0.5, 0.6) is 0 Å². The Morgan fingerprint density at radius 2 is 0.867 bits per heavy atom. The molecule has 0 aromatic heterocycles. The van der Waals surface area contributed by atoms with Crippen LogP contribution in [-0.2, 0) is 9.53 Å². The third-order valence-corrected chi connectivity index (χ3v) is 6.28. The van der Waals surface area contributed by atoms with Crippen LogP contribution >= 0.6 is 0 Å². The van der Waals surface area contributed by atoms with Crippen LogP contribution in [-0.4, -0.2) is 12.1 Å². The van der Waals surface area contributed by atoms with Crippen LogP contribution in [0.25, 0.3) is 0 Å². The molecule has 0 spiro atoms. The molecule has 30 heavy (non-hydrogen) atoms. The first-order chi connectivity index (χ1) is 14.7. The Labute approximate surface area is 190 Å². The summed E-state index contributed by atoms with van der Waals surface area (Å²) in [6.45, 7) is 6.55. The summed E-state index contributed by atoms with van der Waals surface area (Å²) >= 11 is 0. The maximum atomic E-state index is 11.9. The van der Waals surface area contributed by atoms with Gasteiger partial charge in [0.25, 0.3) is 0 Å². The fourth-order valence-corrected chi connectivity index (χ4v) is 4.20. The molecule has 0 amide bonds. The molecule has 0 aromatic carbocycles. The lowest BCUT2D eigenvalue weighted by Gasteiger charge is -2.13. The van der Waals surface area contributed by atoms with Crippen LogP contribution in [0.1, 0.15) is 168 Å². The molecule has 0 aromatic rings. The highest BCUT2D eigenvalue weighted by Gasteiger charge is 2.08. The van der Waals surface area contributed by atoms with Crippen molar-refractivity contribution in [3.63, 3.8) is 0 Å². The van der Waals surface area contributed by atoms with Gasteiger partial charge in [-0.3, -0.25) is 4.79 Å². The molecule has 0 aliphatic heterocycles. The topological polar surface area (TPSA) is 26.3 Å². The summed E-state index contributed by atoms with van der Waals surface area (Å²) < 4.78 is 5.52. The Kier molecular flexibility index (Phi) is 24.3. The second kappa shape index (κ2) is 24.7. The molecule has 0 N–H and O–H groups in total. The van der Waals surface area contributed by atoms with Gasteiger partial charge in [-0.25, -0.2) is 0 Å². The van der Waals surface area contributed by atoms with Gasteiger partial charge in [0.2, 0.25) is 0 Å². The fourth-order valence-electron chi connectivity index (χ4n) is 4.20. The lowest BCUT2D eigenvalue weighted by atomic mass is 10.0. The minimum absolute atomic E-state index is 0.0129. The van der Waals surface area contributed by atoms with Crippen molar-refractivity contribution in [1.82, 2.24) is 0 Å². The molecule has 0 bridgehead atoms. The Bertz CT molecular complexity index is 340. The molecular formula is C28H56O2. The Balaban J connectivity index is 3.21. The van der Waals surface area contributed by atoms with Gasteiger partial charge in [-0.1, -0.05) is 136 Å². The normalized spacial score (nSPS) is 12.2. The van der Waals surface area contributed by atoms with Crippen molar-refractivity contribution in [2.24, 2.45) is 0 Å². The molecule has 0 saturated heterocycles. The molecular weight excluding hydrogens is 368 g/mol. The molecule has 2 nitrogen and oxygen atoms in total. The molecule has 0 fully saturated rings. The van der Waals surface area contributed by atoms with E-state index in [1.54, 1.807) is 0 Å². The second-order valence-corrected chi connectivity index (χ2v) is 9.56. The van der Waals surface area contributed by atoms with E-state index in [0.29, 0.717) is 6.42 Å². The van der Waals surface area contributed by atoms with Gasteiger partial charge >= 0.3 is 5.97 Å². The van der Waals surface area contributed by atoms with Gasteiger partial charge in [-0.2, -0.15) is 0 Å². The highest BCUT2D eigenvalue weighted by atomic mass is 16.5. The molecule has 0 rings (SSSR count). The van der Waals surface area contributed by atoms with Crippen molar-refractivity contribution in [1.29, 1.82) is 0 Å². The summed E-state index contributed by atoms with van der Waals surface area (Å²) in [5, 5.41) is 0. The summed E-state index contributed by atoms with van der Waals surface area (Å²) in [5.41, 5.74) is 0. The third-order valence-electron chi connectivity index (χ3n) is 6.28.